The molecule has 3 N–H and O–H groups in total. The molecule has 22 heavy (non-hydrogen) atoms. The summed E-state index contributed by atoms with van der Waals surface area (Å²) in [6, 6.07) is 7.75. The summed E-state index contributed by atoms with van der Waals surface area (Å²) < 4.78 is 5.61. The molecule has 5 nitrogen and oxygen atoms in total. The molecule has 128 valence electrons. The Morgan fingerprint density at radius 2 is 1.86 bits per heavy atom. The molecule has 0 heterocycles. The zero-order valence-electron chi connectivity index (χ0n) is 13.4. The van der Waals surface area contributed by atoms with Crippen LogP contribution in [0.4, 0.5) is 0 Å². The molecule has 1 amide bonds. The smallest absolute Gasteiger partial charge is 0.224 e. The molecule has 0 aliphatic rings. The van der Waals surface area contributed by atoms with Gasteiger partial charge in [-0.05, 0) is 31.8 Å². The quantitative estimate of drug-likeness (QED) is 0.747. The third kappa shape index (κ3) is 9.10. The van der Waals surface area contributed by atoms with Gasteiger partial charge in [0.15, 0.2) is 0 Å². The van der Waals surface area contributed by atoms with Crippen molar-refractivity contribution in [2.45, 2.75) is 13.5 Å². The lowest BCUT2D eigenvalue weighted by molar-refractivity contribution is -0.124. The molecule has 0 aliphatic carbocycles. The Labute approximate surface area is 145 Å². The summed E-state index contributed by atoms with van der Waals surface area (Å²) in [7, 11) is 4.02. The predicted octanol–water partition coefficient (Wildman–Crippen LogP) is 1.68. The van der Waals surface area contributed by atoms with Crippen LogP contribution in [-0.2, 0) is 11.3 Å². The average molecular weight is 352 g/mol. The standard InChI is InChI=1S/C15H25N3O2.2ClH/c1-12(10-16)15(19)17-11-13-4-6-14(7-5-13)20-9-8-18(2)3;;/h4-7,12H,8-11,16H2,1-3H3,(H,17,19);2*1H. The van der Waals surface area contributed by atoms with Crippen molar-refractivity contribution < 1.29 is 9.53 Å². The largest absolute Gasteiger partial charge is 0.492 e. The van der Waals surface area contributed by atoms with Crippen LogP contribution in [0.3, 0.4) is 0 Å². The molecule has 1 atom stereocenters. The molecule has 0 radical (unpaired) electrons. The number of nitrogens with two attached hydrogens (primary N) is 1. The SMILES string of the molecule is CC(CN)C(=O)NCc1ccc(OCCN(C)C)cc1.Cl.Cl. The van der Waals surface area contributed by atoms with Gasteiger partial charge in [0.25, 0.3) is 0 Å². The van der Waals surface area contributed by atoms with Crippen molar-refractivity contribution in [2.75, 3.05) is 33.8 Å². The van der Waals surface area contributed by atoms with Crippen molar-refractivity contribution >= 4 is 30.7 Å². The molecule has 0 bridgehead atoms. The monoisotopic (exact) mass is 351 g/mol. The third-order valence-corrected chi connectivity index (χ3v) is 3.00. The minimum absolute atomic E-state index is 0. The van der Waals surface area contributed by atoms with Crippen molar-refractivity contribution in [1.29, 1.82) is 0 Å². The molecule has 0 saturated heterocycles. The number of nitrogens with one attached hydrogen (secondary N) is 1. The second-order valence-corrected chi connectivity index (χ2v) is 5.15. The fraction of sp³-hybridized carbons (Fsp3) is 0.533. The van der Waals surface area contributed by atoms with E-state index in [0.29, 0.717) is 19.7 Å². The highest BCUT2D eigenvalue weighted by molar-refractivity contribution is 5.85. The average Bonchev–Trinajstić information content (AvgIpc) is 2.44. The first-order valence-electron chi connectivity index (χ1n) is 6.87. The summed E-state index contributed by atoms with van der Waals surface area (Å²) in [4.78, 5) is 13.7. The van der Waals surface area contributed by atoms with E-state index < -0.39 is 0 Å². The lowest BCUT2D eigenvalue weighted by atomic mass is 10.1. The molecule has 1 rings (SSSR count). The Kier molecular flexibility index (Phi) is 13.2. The summed E-state index contributed by atoms with van der Waals surface area (Å²) >= 11 is 0. The maximum absolute atomic E-state index is 11.6. The lowest BCUT2D eigenvalue weighted by Crippen LogP contribution is -2.32. The molecule has 1 unspecified atom stereocenters. The molecular formula is C15H27Cl2N3O2. The van der Waals surface area contributed by atoms with E-state index in [-0.39, 0.29) is 36.6 Å². The van der Waals surface area contributed by atoms with Gasteiger partial charge in [-0.15, -0.1) is 24.8 Å². The summed E-state index contributed by atoms with van der Waals surface area (Å²) in [5, 5.41) is 2.86. The number of carbonyl (C=O) groups excluding carboxylic acids is 1. The number of hydrogen-bond acceptors (Lipinski definition) is 4. The number of hydrogen-bond donors (Lipinski definition) is 2. The van der Waals surface area contributed by atoms with Crippen molar-refractivity contribution in [1.82, 2.24) is 10.2 Å². The second kappa shape index (κ2) is 12.5. The van der Waals surface area contributed by atoms with Crippen LogP contribution in [0.15, 0.2) is 24.3 Å². The van der Waals surface area contributed by atoms with E-state index in [2.05, 4.69) is 10.2 Å². The van der Waals surface area contributed by atoms with Crippen LogP contribution < -0.4 is 15.8 Å². The molecule has 1 aromatic carbocycles. The molecular weight excluding hydrogens is 325 g/mol. The fourth-order valence-electron chi connectivity index (χ4n) is 1.52. The minimum Gasteiger partial charge on any atom is -0.492 e. The van der Waals surface area contributed by atoms with Gasteiger partial charge in [-0.3, -0.25) is 4.79 Å². The van der Waals surface area contributed by atoms with E-state index in [9.17, 15) is 4.79 Å². The van der Waals surface area contributed by atoms with Gasteiger partial charge < -0.3 is 20.7 Å². The summed E-state index contributed by atoms with van der Waals surface area (Å²) in [5.74, 6) is 0.680. The van der Waals surface area contributed by atoms with Crippen LogP contribution in [0.5, 0.6) is 5.75 Å². The fourth-order valence-corrected chi connectivity index (χ4v) is 1.52. The van der Waals surface area contributed by atoms with Crippen molar-refractivity contribution in [3.8, 4) is 5.75 Å². The number of likely N-dealkylation sites (N-methyl/N-ethyl adjacent to an activating group) is 1. The minimum atomic E-state index is -0.149. The van der Waals surface area contributed by atoms with Crippen molar-refractivity contribution in [2.24, 2.45) is 11.7 Å². The van der Waals surface area contributed by atoms with Gasteiger partial charge in [0.05, 0.1) is 0 Å². The first-order valence-corrected chi connectivity index (χ1v) is 6.87. The van der Waals surface area contributed by atoms with E-state index in [1.165, 1.54) is 0 Å². The predicted molar refractivity (Wildman–Crippen MR) is 95.1 cm³/mol. The maximum atomic E-state index is 11.6. The topological polar surface area (TPSA) is 67.6 Å². The van der Waals surface area contributed by atoms with Crippen LogP contribution in [-0.4, -0.2) is 44.6 Å². The van der Waals surface area contributed by atoms with E-state index >= 15 is 0 Å². The Morgan fingerprint density at radius 3 is 2.36 bits per heavy atom. The number of ether oxygens (including phenoxy) is 1. The van der Waals surface area contributed by atoms with Gasteiger partial charge in [-0.25, -0.2) is 0 Å². The number of nitrogens with zero attached hydrogens (tertiary/aromatic N) is 1. The van der Waals surface area contributed by atoms with Crippen LogP contribution in [0, 0.1) is 5.92 Å². The first kappa shape index (κ1) is 23.3. The van der Waals surface area contributed by atoms with Crippen LogP contribution in [0.25, 0.3) is 0 Å². The number of amides is 1. The van der Waals surface area contributed by atoms with Crippen LogP contribution >= 0.6 is 24.8 Å². The third-order valence-electron chi connectivity index (χ3n) is 3.00. The zero-order chi connectivity index (χ0) is 15.0. The molecule has 0 spiro atoms. The summed E-state index contributed by atoms with van der Waals surface area (Å²) in [5.41, 5.74) is 6.49. The molecule has 0 saturated carbocycles. The van der Waals surface area contributed by atoms with Gasteiger partial charge >= 0.3 is 0 Å². The van der Waals surface area contributed by atoms with Crippen LogP contribution in [0.1, 0.15) is 12.5 Å². The van der Waals surface area contributed by atoms with Gasteiger partial charge in [0.2, 0.25) is 5.91 Å². The van der Waals surface area contributed by atoms with Gasteiger partial charge in [0.1, 0.15) is 12.4 Å². The van der Waals surface area contributed by atoms with Crippen molar-refractivity contribution in [3.63, 3.8) is 0 Å². The summed E-state index contributed by atoms with van der Waals surface area (Å²) in [6.45, 7) is 4.24. The molecule has 0 aromatic heterocycles. The number of carbonyl (C=O) groups is 1. The molecule has 0 aliphatic heterocycles. The lowest BCUT2D eigenvalue weighted by Gasteiger charge is -2.12. The molecule has 1 aromatic rings. The number of benzene rings is 1. The van der Waals surface area contributed by atoms with Crippen molar-refractivity contribution in [3.05, 3.63) is 29.8 Å². The van der Waals surface area contributed by atoms with Gasteiger partial charge in [-0.2, -0.15) is 0 Å². The Bertz CT molecular complexity index is 414. The highest BCUT2D eigenvalue weighted by Crippen LogP contribution is 2.12. The zero-order valence-corrected chi connectivity index (χ0v) is 15.0. The first-order chi connectivity index (χ1) is 9.52. The Hall–Kier alpha value is -1.01. The van der Waals surface area contributed by atoms with Gasteiger partial charge in [0, 0.05) is 25.6 Å². The molecule has 7 heteroatoms. The highest BCUT2D eigenvalue weighted by atomic mass is 35.5. The molecule has 0 fully saturated rings. The van der Waals surface area contributed by atoms with E-state index in [1.54, 1.807) is 0 Å². The Morgan fingerprint density at radius 1 is 1.27 bits per heavy atom. The normalized spacial score (nSPS) is 11.1. The van der Waals surface area contributed by atoms with Crippen LogP contribution in [0.2, 0.25) is 0 Å². The summed E-state index contributed by atoms with van der Waals surface area (Å²) in [6.07, 6.45) is 0. The van der Waals surface area contributed by atoms with E-state index in [4.69, 9.17) is 10.5 Å². The van der Waals surface area contributed by atoms with E-state index in [0.717, 1.165) is 17.9 Å². The van der Waals surface area contributed by atoms with E-state index in [1.807, 2.05) is 45.3 Å². The van der Waals surface area contributed by atoms with Gasteiger partial charge in [-0.1, -0.05) is 19.1 Å². The second-order valence-electron chi connectivity index (χ2n) is 5.15. The number of halogens is 2. The highest BCUT2D eigenvalue weighted by Gasteiger charge is 2.09. The maximum Gasteiger partial charge on any atom is 0.224 e. The Balaban J connectivity index is 0. The number of rotatable bonds is 8.